The molecule has 0 unspecified atom stereocenters. The number of Topliss-reactive ketones (excluding diaryl/α,β-unsaturated/α-hetero) is 1. The van der Waals surface area contributed by atoms with E-state index in [2.05, 4.69) is 13.0 Å². The van der Waals surface area contributed by atoms with E-state index < -0.39 is 0 Å². The number of ketones is 2. The van der Waals surface area contributed by atoms with E-state index in [1.807, 2.05) is 0 Å². The second-order valence-corrected chi connectivity index (χ2v) is 7.46. The molecule has 0 atom stereocenters. The largest absolute Gasteiger partial charge is 0.300 e. The SMILES string of the molecule is CCCCCCCCCCCC=CC(=O)CCCCCCCC(C)=O. The summed E-state index contributed by atoms with van der Waals surface area (Å²) in [7, 11) is 0. The second kappa shape index (κ2) is 19.4. The molecule has 0 aliphatic heterocycles. The van der Waals surface area contributed by atoms with Crippen LogP contribution in [0.1, 0.15) is 123 Å². The lowest BCUT2D eigenvalue weighted by atomic mass is 10.1. The topological polar surface area (TPSA) is 34.1 Å². The van der Waals surface area contributed by atoms with Crippen molar-refractivity contribution >= 4 is 11.6 Å². The molecule has 0 aliphatic rings. The Kier molecular flexibility index (Phi) is 18.7. The molecule has 0 spiro atoms. The van der Waals surface area contributed by atoms with Gasteiger partial charge in [-0.15, -0.1) is 0 Å². The summed E-state index contributed by atoms with van der Waals surface area (Å²) in [5.41, 5.74) is 0. The van der Waals surface area contributed by atoms with Crippen LogP contribution in [-0.4, -0.2) is 11.6 Å². The first-order chi connectivity index (χ1) is 12.2. The fourth-order valence-electron chi connectivity index (χ4n) is 3.07. The minimum absolute atomic E-state index is 0.277. The summed E-state index contributed by atoms with van der Waals surface area (Å²) in [6.45, 7) is 3.91. The molecule has 2 heteroatoms. The van der Waals surface area contributed by atoms with Crippen molar-refractivity contribution in [2.24, 2.45) is 0 Å². The first-order valence-corrected chi connectivity index (χ1v) is 10.9. The van der Waals surface area contributed by atoms with E-state index in [-0.39, 0.29) is 11.6 Å². The van der Waals surface area contributed by atoms with Crippen LogP contribution in [0.5, 0.6) is 0 Å². The number of carbonyl (C=O) groups excluding carboxylic acids is 2. The Labute approximate surface area is 156 Å². The average Bonchev–Trinajstić information content (AvgIpc) is 2.58. The molecule has 25 heavy (non-hydrogen) atoms. The van der Waals surface area contributed by atoms with E-state index >= 15 is 0 Å². The molecule has 0 aliphatic carbocycles. The molecule has 146 valence electrons. The van der Waals surface area contributed by atoms with Crippen molar-refractivity contribution in [2.45, 2.75) is 123 Å². The van der Waals surface area contributed by atoms with E-state index in [0.29, 0.717) is 12.8 Å². The van der Waals surface area contributed by atoms with Gasteiger partial charge in [0.25, 0.3) is 0 Å². The predicted molar refractivity (Wildman–Crippen MR) is 109 cm³/mol. The minimum atomic E-state index is 0.277. The third-order valence-electron chi connectivity index (χ3n) is 4.73. The van der Waals surface area contributed by atoms with Crippen LogP contribution in [0.15, 0.2) is 12.2 Å². The molecular weight excluding hydrogens is 308 g/mol. The highest BCUT2D eigenvalue weighted by Crippen LogP contribution is 2.11. The molecular formula is C23H42O2. The molecule has 0 rings (SSSR count). The van der Waals surface area contributed by atoms with Gasteiger partial charge in [0.2, 0.25) is 0 Å². The summed E-state index contributed by atoms with van der Waals surface area (Å²) < 4.78 is 0. The number of rotatable bonds is 19. The van der Waals surface area contributed by atoms with Crippen molar-refractivity contribution in [3.63, 3.8) is 0 Å². The van der Waals surface area contributed by atoms with Gasteiger partial charge < -0.3 is 4.79 Å². The van der Waals surface area contributed by atoms with Crippen LogP contribution < -0.4 is 0 Å². The third-order valence-corrected chi connectivity index (χ3v) is 4.73. The maximum absolute atomic E-state index is 11.8. The van der Waals surface area contributed by atoms with Crippen LogP contribution in [0.2, 0.25) is 0 Å². The molecule has 0 aromatic rings. The summed E-state index contributed by atoms with van der Waals surface area (Å²) >= 11 is 0. The molecule has 0 fully saturated rings. The standard InChI is InChI=1S/C23H42O2/c1-3-4-5-6-7-8-9-10-11-14-17-20-23(25)21-18-15-12-13-16-19-22(2)24/h17,20H,3-16,18-19,21H2,1-2H3. The van der Waals surface area contributed by atoms with Crippen molar-refractivity contribution in [1.29, 1.82) is 0 Å². The van der Waals surface area contributed by atoms with Crippen LogP contribution in [-0.2, 0) is 9.59 Å². The normalized spacial score (nSPS) is 11.3. The monoisotopic (exact) mass is 350 g/mol. The van der Waals surface area contributed by atoms with Gasteiger partial charge in [0.1, 0.15) is 5.78 Å². The molecule has 0 aromatic carbocycles. The van der Waals surface area contributed by atoms with E-state index in [4.69, 9.17) is 0 Å². The van der Waals surface area contributed by atoms with Gasteiger partial charge in [0.15, 0.2) is 5.78 Å². The first kappa shape index (κ1) is 24.1. The van der Waals surface area contributed by atoms with Gasteiger partial charge in [-0.25, -0.2) is 0 Å². The zero-order chi connectivity index (χ0) is 18.6. The van der Waals surface area contributed by atoms with E-state index in [1.54, 1.807) is 13.0 Å². The minimum Gasteiger partial charge on any atom is -0.300 e. The van der Waals surface area contributed by atoms with Crippen molar-refractivity contribution in [2.75, 3.05) is 0 Å². The Morgan fingerprint density at radius 1 is 0.640 bits per heavy atom. The number of carbonyl (C=O) groups is 2. The van der Waals surface area contributed by atoms with Crippen molar-refractivity contribution in [1.82, 2.24) is 0 Å². The maximum Gasteiger partial charge on any atom is 0.155 e. The summed E-state index contributed by atoms with van der Waals surface area (Å²) in [6.07, 6.45) is 23.8. The number of hydrogen-bond acceptors (Lipinski definition) is 2. The molecule has 0 saturated carbocycles. The summed E-state index contributed by atoms with van der Waals surface area (Å²) in [6, 6.07) is 0. The zero-order valence-corrected chi connectivity index (χ0v) is 17.0. The Bertz CT molecular complexity index is 344. The summed E-state index contributed by atoms with van der Waals surface area (Å²) in [4.78, 5) is 22.6. The van der Waals surface area contributed by atoms with Crippen LogP contribution in [0.25, 0.3) is 0 Å². The lowest BCUT2D eigenvalue weighted by Gasteiger charge is -2.01. The van der Waals surface area contributed by atoms with Gasteiger partial charge in [-0.3, -0.25) is 4.79 Å². The average molecular weight is 351 g/mol. The smallest absolute Gasteiger partial charge is 0.155 e. The van der Waals surface area contributed by atoms with Gasteiger partial charge in [-0.2, -0.15) is 0 Å². The van der Waals surface area contributed by atoms with Gasteiger partial charge in [0, 0.05) is 12.8 Å². The quantitative estimate of drug-likeness (QED) is 0.180. The van der Waals surface area contributed by atoms with E-state index in [9.17, 15) is 9.59 Å². The fourth-order valence-corrected chi connectivity index (χ4v) is 3.07. The molecule has 0 amide bonds. The lowest BCUT2D eigenvalue weighted by Crippen LogP contribution is -1.93. The van der Waals surface area contributed by atoms with Crippen LogP contribution in [0, 0.1) is 0 Å². The van der Waals surface area contributed by atoms with Crippen LogP contribution in [0.4, 0.5) is 0 Å². The van der Waals surface area contributed by atoms with E-state index in [0.717, 1.165) is 38.5 Å². The molecule has 0 radical (unpaired) electrons. The van der Waals surface area contributed by atoms with Gasteiger partial charge in [-0.1, -0.05) is 83.6 Å². The van der Waals surface area contributed by atoms with Gasteiger partial charge >= 0.3 is 0 Å². The van der Waals surface area contributed by atoms with Gasteiger partial charge in [0.05, 0.1) is 0 Å². The summed E-state index contributed by atoms with van der Waals surface area (Å²) in [5, 5.41) is 0. The Balaban J connectivity index is 3.28. The number of allylic oxidation sites excluding steroid dienone is 2. The Morgan fingerprint density at radius 3 is 1.68 bits per heavy atom. The number of unbranched alkanes of at least 4 members (excludes halogenated alkanes) is 13. The van der Waals surface area contributed by atoms with Crippen molar-refractivity contribution < 1.29 is 9.59 Å². The highest BCUT2D eigenvalue weighted by molar-refractivity contribution is 5.89. The van der Waals surface area contributed by atoms with Crippen molar-refractivity contribution in [3.8, 4) is 0 Å². The predicted octanol–water partition coefficient (Wildman–Crippen LogP) is 7.35. The van der Waals surface area contributed by atoms with Crippen molar-refractivity contribution in [3.05, 3.63) is 12.2 Å². The Hall–Kier alpha value is -0.920. The molecule has 0 heterocycles. The highest BCUT2D eigenvalue weighted by atomic mass is 16.1. The second-order valence-electron chi connectivity index (χ2n) is 7.46. The molecule has 0 aromatic heterocycles. The van der Waals surface area contributed by atoms with Crippen LogP contribution in [0.3, 0.4) is 0 Å². The molecule has 0 bridgehead atoms. The number of hydrogen-bond donors (Lipinski definition) is 0. The Morgan fingerprint density at radius 2 is 1.12 bits per heavy atom. The molecule has 0 saturated heterocycles. The first-order valence-electron chi connectivity index (χ1n) is 10.9. The third kappa shape index (κ3) is 21.0. The lowest BCUT2D eigenvalue weighted by molar-refractivity contribution is -0.117. The van der Waals surface area contributed by atoms with Crippen LogP contribution >= 0.6 is 0 Å². The molecule has 0 N–H and O–H groups in total. The van der Waals surface area contributed by atoms with Gasteiger partial charge in [-0.05, 0) is 38.7 Å². The zero-order valence-electron chi connectivity index (χ0n) is 17.0. The highest BCUT2D eigenvalue weighted by Gasteiger charge is 1.98. The molecule has 2 nitrogen and oxygen atoms in total. The fraction of sp³-hybridized carbons (Fsp3) is 0.826. The summed E-state index contributed by atoms with van der Waals surface area (Å²) in [5.74, 6) is 0.562. The van der Waals surface area contributed by atoms with E-state index in [1.165, 1.54) is 57.8 Å². The maximum atomic E-state index is 11.8.